The Labute approximate surface area is 153 Å². The van der Waals surface area contributed by atoms with Crippen LogP contribution in [0.1, 0.15) is 17.5 Å². The molecule has 0 radical (unpaired) electrons. The van der Waals surface area contributed by atoms with E-state index in [4.69, 9.17) is 9.84 Å². The number of aliphatic hydroxyl groups excluding tert-OH is 1. The van der Waals surface area contributed by atoms with Crippen LogP contribution in [0.4, 0.5) is 5.82 Å². The number of carbonyl (C=O) groups excluding carboxylic acids is 1. The molecule has 4 rings (SSSR count). The molecule has 1 unspecified atom stereocenters. The molecule has 0 saturated carbocycles. The Kier molecular flexibility index (Phi) is 5.00. The van der Waals surface area contributed by atoms with Crippen molar-refractivity contribution >= 4 is 11.6 Å². The minimum Gasteiger partial charge on any atom is -0.389 e. The molecule has 1 saturated heterocycles. The van der Waals surface area contributed by atoms with E-state index in [0.29, 0.717) is 0 Å². The van der Waals surface area contributed by atoms with E-state index in [1.54, 1.807) is 0 Å². The van der Waals surface area contributed by atoms with E-state index < -0.39 is 0 Å². The lowest BCUT2D eigenvalue weighted by Crippen LogP contribution is -2.36. The Bertz CT molecular complexity index is 782. The third kappa shape index (κ3) is 3.50. The number of rotatable bonds is 4. The maximum Gasteiger partial charge on any atom is 0.161 e. The van der Waals surface area contributed by atoms with Crippen molar-refractivity contribution in [2.24, 2.45) is 5.92 Å². The number of carbonyl (C=O) groups is 1. The quantitative estimate of drug-likeness (QED) is 0.914. The molecule has 0 spiro atoms. The van der Waals surface area contributed by atoms with Gasteiger partial charge in [-0.1, -0.05) is 18.2 Å². The summed E-state index contributed by atoms with van der Waals surface area (Å²) in [6, 6.07) is 10.7. The Morgan fingerprint density at radius 3 is 2.69 bits per heavy atom. The summed E-state index contributed by atoms with van der Waals surface area (Å²) in [5, 5.41) is 9.13. The van der Waals surface area contributed by atoms with Crippen molar-refractivity contribution in [2.45, 2.75) is 19.3 Å². The molecular weight excluding hydrogens is 328 g/mol. The van der Waals surface area contributed by atoms with Gasteiger partial charge >= 0.3 is 0 Å². The molecule has 0 amide bonds. The van der Waals surface area contributed by atoms with Gasteiger partial charge in [0.2, 0.25) is 0 Å². The zero-order valence-corrected chi connectivity index (χ0v) is 14.9. The summed E-state index contributed by atoms with van der Waals surface area (Å²) in [4.78, 5) is 18.7. The maximum absolute atomic E-state index is 11.8. The van der Waals surface area contributed by atoms with E-state index in [9.17, 15) is 4.79 Å². The van der Waals surface area contributed by atoms with Crippen molar-refractivity contribution in [3.63, 3.8) is 0 Å². The highest BCUT2D eigenvalue weighted by molar-refractivity contribution is 5.82. The summed E-state index contributed by atoms with van der Waals surface area (Å²) in [7, 11) is 0. The van der Waals surface area contributed by atoms with Gasteiger partial charge in [-0.05, 0) is 48.1 Å². The van der Waals surface area contributed by atoms with Gasteiger partial charge < -0.3 is 14.7 Å². The van der Waals surface area contributed by atoms with Gasteiger partial charge in [-0.15, -0.1) is 0 Å². The molecule has 1 aromatic carbocycles. The molecule has 1 atom stereocenters. The largest absolute Gasteiger partial charge is 0.389 e. The molecule has 2 aromatic rings. The molecule has 5 heteroatoms. The second-order valence-electron chi connectivity index (χ2n) is 7.05. The number of nitrogens with zero attached hydrogens (tertiary/aromatic N) is 2. The van der Waals surface area contributed by atoms with Crippen molar-refractivity contribution in [2.75, 3.05) is 37.8 Å². The van der Waals surface area contributed by atoms with Crippen LogP contribution in [0, 0.1) is 5.92 Å². The van der Waals surface area contributed by atoms with Gasteiger partial charge in [-0.25, -0.2) is 4.98 Å². The number of aliphatic hydroxyl groups is 1. The van der Waals surface area contributed by atoms with Crippen LogP contribution >= 0.6 is 0 Å². The SMILES string of the molecule is O=C(CO)C1CCc2ccc(-c3ccc(N4CCOCC4)nc3)cc2C1. The highest BCUT2D eigenvalue weighted by atomic mass is 16.5. The van der Waals surface area contributed by atoms with Gasteiger partial charge in [0, 0.05) is 30.8 Å². The number of fused-ring (bicyclic) bond motifs is 1. The zero-order chi connectivity index (χ0) is 17.9. The summed E-state index contributed by atoms with van der Waals surface area (Å²) in [6.45, 7) is 2.91. The molecule has 1 aliphatic carbocycles. The smallest absolute Gasteiger partial charge is 0.161 e. The summed E-state index contributed by atoms with van der Waals surface area (Å²) < 4.78 is 5.39. The second kappa shape index (κ2) is 7.56. The predicted molar refractivity (Wildman–Crippen MR) is 100 cm³/mol. The van der Waals surface area contributed by atoms with E-state index >= 15 is 0 Å². The fraction of sp³-hybridized carbons (Fsp3) is 0.429. The standard InChI is InChI=1S/C21H24N2O3/c24-14-20(25)17-4-2-15-1-3-16(11-19(15)12-17)18-5-6-21(22-13-18)23-7-9-26-10-8-23/h1,3,5-6,11,13,17,24H,2,4,7-10,12,14H2. The lowest BCUT2D eigenvalue weighted by Gasteiger charge is -2.27. The van der Waals surface area contributed by atoms with E-state index in [0.717, 1.165) is 62.5 Å². The number of morpholine rings is 1. The van der Waals surface area contributed by atoms with Crippen LogP contribution in [-0.4, -0.2) is 48.8 Å². The first kappa shape index (κ1) is 17.2. The first-order valence-electron chi connectivity index (χ1n) is 9.29. The highest BCUT2D eigenvalue weighted by Gasteiger charge is 2.24. The fourth-order valence-corrected chi connectivity index (χ4v) is 3.88. The number of hydrogen-bond acceptors (Lipinski definition) is 5. The van der Waals surface area contributed by atoms with E-state index in [2.05, 4.69) is 40.2 Å². The number of benzene rings is 1. The van der Waals surface area contributed by atoms with E-state index in [1.165, 1.54) is 11.1 Å². The fourth-order valence-electron chi connectivity index (χ4n) is 3.88. The van der Waals surface area contributed by atoms with Crippen LogP contribution in [0.3, 0.4) is 0 Å². The number of hydrogen-bond donors (Lipinski definition) is 1. The van der Waals surface area contributed by atoms with Crippen LogP contribution in [-0.2, 0) is 22.4 Å². The Morgan fingerprint density at radius 2 is 1.96 bits per heavy atom. The van der Waals surface area contributed by atoms with Crippen LogP contribution in [0.15, 0.2) is 36.5 Å². The van der Waals surface area contributed by atoms with E-state index in [-0.39, 0.29) is 18.3 Å². The molecule has 1 aliphatic heterocycles. The van der Waals surface area contributed by atoms with Gasteiger partial charge in [0.25, 0.3) is 0 Å². The van der Waals surface area contributed by atoms with Crippen molar-refractivity contribution in [3.8, 4) is 11.1 Å². The molecule has 0 bridgehead atoms. The number of anilines is 1. The van der Waals surface area contributed by atoms with Crippen LogP contribution in [0.25, 0.3) is 11.1 Å². The average Bonchev–Trinajstić information content (AvgIpc) is 2.73. The third-order valence-corrected chi connectivity index (χ3v) is 5.46. The number of Topliss-reactive ketones (excluding diaryl/α,β-unsaturated/α-hetero) is 1. The maximum atomic E-state index is 11.8. The minimum atomic E-state index is -0.355. The number of ether oxygens (including phenoxy) is 1. The van der Waals surface area contributed by atoms with Crippen molar-refractivity contribution < 1.29 is 14.6 Å². The molecule has 1 N–H and O–H groups in total. The lowest BCUT2D eigenvalue weighted by atomic mass is 9.81. The lowest BCUT2D eigenvalue weighted by molar-refractivity contribution is -0.125. The van der Waals surface area contributed by atoms with Crippen LogP contribution in [0.2, 0.25) is 0 Å². The molecule has 1 fully saturated rings. The molecule has 26 heavy (non-hydrogen) atoms. The molecule has 136 valence electrons. The van der Waals surface area contributed by atoms with Gasteiger partial charge in [-0.2, -0.15) is 0 Å². The zero-order valence-electron chi connectivity index (χ0n) is 14.9. The molecule has 1 aromatic heterocycles. The van der Waals surface area contributed by atoms with Crippen LogP contribution < -0.4 is 4.90 Å². The van der Waals surface area contributed by atoms with Crippen molar-refractivity contribution in [3.05, 3.63) is 47.7 Å². The van der Waals surface area contributed by atoms with Crippen molar-refractivity contribution in [1.29, 1.82) is 0 Å². The van der Waals surface area contributed by atoms with Gasteiger partial charge in [0.1, 0.15) is 12.4 Å². The monoisotopic (exact) mass is 352 g/mol. The molecule has 5 nitrogen and oxygen atoms in total. The molecular formula is C21H24N2O3. The van der Waals surface area contributed by atoms with Crippen LogP contribution in [0.5, 0.6) is 0 Å². The number of ketones is 1. The van der Waals surface area contributed by atoms with Crippen molar-refractivity contribution in [1.82, 2.24) is 4.98 Å². The molecule has 2 aliphatic rings. The van der Waals surface area contributed by atoms with Gasteiger partial charge in [0.15, 0.2) is 5.78 Å². The Hall–Kier alpha value is -2.24. The Balaban J connectivity index is 1.54. The second-order valence-corrected chi connectivity index (χ2v) is 7.05. The van der Waals surface area contributed by atoms with Gasteiger partial charge in [0.05, 0.1) is 13.2 Å². The van der Waals surface area contributed by atoms with E-state index in [1.807, 2.05) is 6.20 Å². The highest BCUT2D eigenvalue weighted by Crippen LogP contribution is 2.30. The summed E-state index contributed by atoms with van der Waals surface area (Å²) in [5.41, 5.74) is 4.74. The minimum absolute atomic E-state index is 0.0439. The first-order valence-corrected chi connectivity index (χ1v) is 9.29. The summed E-state index contributed by atoms with van der Waals surface area (Å²) in [6.07, 6.45) is 4.38. The average molecular weight is 352 g/mol. The molecule has 2 heterocycles. The first-order chi connectivity index (χ1) is 12.7. The normalized spacial score (nSPS) is 19.9. The number of aryl methyl sites for hydroxylation is 1. The topological polar surface area (TPSA) is 62.7 Å². The Morgan fingerprint density at radius 1 is 1.15 bits per heavy atom. The summed E-state index contributed by atoms with van der Waals surface area (Å²) in [5.74, 6) is 0.894. The number of aromatic nitrogens is 1. The third-order valence-electron chi connectivity index (χ3n) is 5.46. The summed E-state index contributed by atoms with van der Waals surface area (Å²) >= 11 is 0. The number of pyridine rings is 1. The van der Waals surface area contributed by atoms with Gasteiger partial charge in [-0.3, -0.25) is 4.79 Å². The predicted octanol–water partition coefficient (Wildman–Crippen LogP) is 2.25.